The summed E-state index contributed by atoms with van der Waals surface area (Å²) < 4.78 is 10.3. The molecule has 0 saturated heterocycles. The van der Waals surface area contributed by atoms with Gasteiger partial charge in [0, 0.05) is 24.0 Å². The fourth-order valence-corrected chi connectivity index (χ4v) is 1.72. The molecular weight excluding hydrogens is 232 g/mol. The van der Waals surface area contributed by atoms with Crippen molar-refractivity contribution in [2.75, 3.05) is 14.2 Å². The highest BCUT2D eigenvalue weighted by molar-refractivity contribution is 6.09. The predicted octanol–water partition coefficient (Wildman–Crippen LogP) is 2.89. The molecule has 1 aromatic carbocycles. The van der Waals surface area contributed by atoms with Gasteiger partial charge in [0.15, 0.2) is 23.1 Å². The molecule has 0 aliphatic carbocycles. The largest absolute Gasteiger partial charge is 0.493 e. The van der Waals surface area contributed by atoms with Gasteiger partial charge in [0.2, 0.25) is 0 Å². The summed E-state index contributed by atoms with van der Waals surface area (Å²) in [6, 6.07) is 3.15. The standard InChI is InChI=1S/C14H18O4/c1-5-11(15)9-7-13(17-3)14(18-4)8-10(9)12(16)6-2/h7-8H,5-6H2,1-4H3. The molecule has 0 heterocycles. The van der Waals surface area contributed by atoms with Gasteiger partial charge in [0.1, 0.15) is 0 Å². The second-order valence-corrected chi connectivity index (χ2v) is 3.81. The van der Waals surface area contributed by atoms with Gasteiger partial charge in [-0.15, -0.1) is 0 Å². The fourth-order valence-electron chi connectivity index (χ4n) is 1.72. The van der Waals surface area contributed by atoms with Crippen molar-refractivity contribution in [3.8, 4) is 11.5 Å². The van der Waals surface area contributed by atoms with Crippen molar-refractivity contribution in [2.24, 2.45) is 0 Å². The number of carbonyl (C=O) groups is 2. The maximum absolute atomic E-state index is 11.9. The molecule has 0 aliphatic heterocycles. The highest BCUT2D eigenvalue weighted by atomic mass is 16.5. The molecule has 0 bridgehead atoms. The first-order valence-electron chi connectivity index (χ1n) is 5.91. The van der Waals surface area contributed by atoms with Crippen LogP contribution in [0.4, 0.5) is 0 Å². The predicted molar refractivity (Wildman–Crippen MR) is 68.8 cm³/mol. The van der Waals surface area contributed by atoms with Gasteiger partial charge in [-0.3, -0.25) is 9.59 Å². The molecule has 0 amide bonds. The van der Waals surface area contributed by atoms with E-state index in [2.05, 4.69) is 0 Å². The monoisotopic (exact) mass is 250 g/mol. The van der Waals surface area contributed by atoms with Gasteiger partial charge in [-0.05, 0) is 12.1 Å². The van der Waals surface area contributed by atoms with Gasteiger partial charge in [-0.2, -0.15) is 0 Å². The van der Waals surface area contributed by atoms with E-state index in [9.17, 15) is 9.59 Å². The van der Waals surface area contributed by atoms with Gasteiger partial charge in [0.05, 0.1) is 14.2 Å². The summed E-state index contributed by atoms with van der Waals surface area (Å²) in [6.45, 7) is 3.53. The summed E-state index contributed by atoms with van der Waals surface area (Å²) in [7, 11) is 3.00. The Balaban J connectivity index is 3.45. The SMILES string of the molecule is CCC(=O)c1cc(OC)c(OC)cc1C(=O)CC. The zero-order valence-corrected chi connectivity index (χ0v) is 11.2. The molecule has 0 aliphatic rings. The Morgan fingerprint density at radius 3 is 1.44 bits per heavy atom. The van der Waals surface area contributed by atoms with E-state index in [0.717, 1.165) is 0 Å². The number of carbonyl (C=O) groups excluding carboxylic acids is 2. The number of ether oxygens (including phenoxy) is 2. The molecule has 1 rings (SSSR count). The van der Waals surface area contributed by atoms with Crippen LogP contribution < -0.4 is 9.47 Å². The molecule has 0 unspecified atom stereocenters. The van der Waals surface area contributed by atoms with Gasteiger partial charge in [0.25, 0.3) is 0 Å². The quantitative estimate of drug-likeness (QED) is 0.728. The number of ketones is 2. The van der Waals surface area contributed by atoms with E-state index in [4.69, 9.17) is 9.47 Å². The summed E-state index contributed by atoms with van der Waals surface area (Å²) in [5.74, 6) is 0.768. The average molecular weight is 250 g/mol. The molecular formula is C14H18O4. The summed E-state index contributed by atoms with van der Waals surface area (Å²) in [4.78, 5) is 23.7. The summed E-state index contributed by atoms with van der Waals surface area (Å²) in [5, 5.41) is 0. The lowest BCUT2D eigenvalue weighted by molar-refractivity contribution is 0.0954. The van der Waals surface area contributed by atoms with Gasteiger partial charge in [-0.1, -0.05) is 13.8 Å². The molecule has 0 aromatic heterocycles. The minimum absolute atomic E-state index is 0.0762. The first-order chi connectivity index (χ1) is 8.58. The Kier molecular flexibility index (Phi) is 4.89. The Bertz CT molecular complexity index is 420. The Morgan fingerprint density at radius 1 is 0.889 bits per heavy atom. The molecule has 0 N–H and O–H groups in total. The summed E-state index contributed by atoms with van der Waals surface area (Å²) in [6.07, 6.45) is 0.693. The number of hydrogen-bond acceptors (Lipinski definition) is 4. The molecule has 4 heteroatoms. The maximum Gasteiger partial charge on any atom is 0.163 e. The van der Waals surface area contributed by atoms with Crippen LogP contribution in [0, 0.1) is 0 Å². The normalized spacial score (nSPS) is 10.0. The van der Waals surface area contributed by atoms with Crippen molar-refractivity contribution in [1.29, 1.82) is 0 Å². The summed E-state index contributed by atoms with van der Waals surface area (Å²) >= 11 is 0. The lowest BCUT2D eigenvalue weighted by atomic mass is 9.97. The third-order valence-electron chi connectivity index (χ3n) is 2.77. The molecule has 98 valence electrons. The third-order valence-corrected chi connectivity index (χ3v) is 2.77. The molecule has 18 heavy (non-hydrogen) atoms. The fraction of sp³-hybridized carbons (Fsp3) is 0.429. The van der Waals surface area contributed by atoms with E-state index in [1.165, 1.54) is 14.2 Å². The van der Waals surface area contributed by atoms with Crippen molar-refractivity contribution >= 4 is 11.6 Å². The topological polar surface area (TPSA) is 52.6 Å². The smallest absolute Gasteiger partial charge is 0.163 e. The zero-order chi connectivity index (χ0) is 13.7. The van der Waals surface area contributed by atoms with Crippen LogP contribution in [0.15, 0.2) is 12.1 Å². The van der Waals surface area contributed by atoms with E-state index in [1.54, 1.807) is 26.0 Å². The number of benzene rings is 1. The van der Waals surface area contributed by atoms with Gasteiger partial charge < -0.3 is 9.47 Å². The molecule has 0 radical (unpaired) electrons. The Morgan fingerprint density at radius 2 is 1.22 bits per heavy atom. The maximum atomic E-state index is 11.9. The van der Waals surface area contributed by atoms with Crippen LogP contribution in [0.5, 0.6) is 11.5 Å². The Labute approximate surface area is 107 Å². The minimum Gasteiger partial charge on any atom is -0.493 e. The lowest BCUT2D eigenvalue weighted by Crippen LogP contribution is -2.09. The van der Waals surface area contributed by atoms with Crippen LogP contribution in [0.2, 0.25) is 0 Å². The molecule has 0 spiro atoms. The molecule has 1 aromatic rings. The van der Waals surface area contributed by atoms with Crippen LogP contribution in [0.1, 0.15) is 47.4 Å². The van der Waals surface area contributed by atoms with Crippen LogP contribution in [-0.2, 0) is 0 Å². The molecule has 4 nitrogen and oxygen atoms in total. The lowest BCUT2D eigenvalue weighted by Gasteiger charge is -2.13. The highest BCUT2D eigenvalue weighted by Crippen LogP contribution is 2.31. The van der Waals surface area contributed by atoms with Crippen LogP contribution in [0.25, 0.3) is 0 Å². The zero-order valence-electron chi connectivity index (χ0n) is 11.2. The van der Waals surface area contributed by atoms with Crippen LogP contribution in [0.3, 0.4) is 0 Å². The number of Topliss-reactive ketones (excluding diaryl/α,β-unsaturated/α-hetero) is 2. The second-order valence-electron chi connectivity index (χ2n) is 3.81. The van der Waals surface area contributed by atoms with Crippen molar-refractivity contribution in [3.63, 3.8) is 0 Å². The number of methoxy groups -OCH3 is 2. The number of hydrogen-bond donors (Lipinski definition) is 0. The first kappa shape index (κ1) is 14.2. The average Bonchev–Trinajstić information content (AvgIpc) is 2.43. The molecule has 0 atom stereocenters. The minimum atomic E-state index is -0.0762. The van der Waals surface area contributed by atoms with Gasteiger partial charge in [-0.25, -0.2) is 0 Å². The molecule has 0 fully saturated rings. The van der Waals surface area contributed by atoms with Crippen molar-refractivity contribution in [3.05, 3.63) is 23.3 Å². The van der Waals surface area contributed by atoms with E-state index in [0.29, 0.717) is 35.5 Å². The first-order valence-corrected chi connectivity index (χ1v) is 5.91. The van der Waals surface area contributed by atoms with Crippen molar-refractivity contribution in [2.45, 2.75) is 26.7 Å². The van der Waals surface area contributed by atoms with E-state index >= 15 is 0 Å². The van der Waals surface area contributed by atoms with Crippen LogP contribution >= 0.6 is 0 Å². The van der Waals surface area contributed by atoms with Crippen LogP contribution in [-0.4, -0.2) is 25.8 Å². The van der Waals surface area contributed by atoms with Crippen molar-refractivity contribution < 1.29 is 19.1 Å². The number of rotatable bonds is 6. The Hall–Kier alpha value is -1.84. The molecule has 0 saturated carbocycles. The highest BCUT2D eigenvalue weighted by Gasteiger charge is 2.19. The second kappa shape index (κ2) is 6.19. The third kappa shape index (κ3) is 2.70. The van der Waals surface area contributed by atoms with E-state index in [1.807, 2.05) is 0 Å². The van der Waals surface area contributed by atoms with Crippen molar-refractivity contribution in [1.82, 2.24) is 0 Å². The van der Waals surface area contributed by atoms with E-state index < -0.39 is 0 Å². The summed E-state index contributed by atoms with van der Waals surface area (Å²) in [5.41, 5.74) is 0.809. The van der Waals surface area contributed by atoms with E-state index in [-0.39, 0.29) is 11.6 Å². The van der Waals surface area contributed by atoms with Gasteiger partial charge >= 0.3 is 0 Å².